The Balaban J connectivity index is 1.51. The Morgan fingerprint density at radius 1 is 1.40 bits per heavy atom. The van der Waals surface area contributed by atoms with Crippen molar-refractivity contribution in [3.05, 3.63) is 30.3 Å². The van der Waals surface area contributed by atoms with Crippen molar-refractivity contribution in [2.75, 3.05) is 31.6 Å². The lowest BCUT2D eigenvalue weighted by Crippen LogP contribution is -2.63. The summed E-state index contributed by atoms with van der Waals surface area (Å²) < 4.78 is 18.5. The van der Waals surface area contributed by atoms with E-state index in [1.807, 2.05) is 0 Å². The van der Waals surface area contributed by atoms with E-state index in [1.54, 1.807) is 11.0 Å². The van der Waals surface area contributed by atoms with E-state index >= 15 is 0 Å². The van der Waals surface area contributed by atoms with Crippen molar-refractivity contribution in [1.82, 2.24) is 14.9 Å². The normalized spacial score (nSPS) is 22.5. The average molecular weight is 346 g/mol. The Kier molecular flexibility index (Phi) is 4.01. The van der Waals surface area contributed by atoms with E-state index in [0.29, 0.717) is 29.8 Å². The molecule has 8 heteroatoms. The van der Waals surface area contributed by atoms with Crippen LogP contribution in [0.4, 0.5) is 10.2 Å². The molecule has 4 rings (SSSR count). The molecular weight excluding hydrogens is 327 g/mol. The van der Waals surface area contributed by atoms with Gasteiger partial charge >= 0.3 is 0 Å². The molecule has 0 aliphatic carbocycles. The number of carbonyl (C=O) groups is 1. The van der Waals surface area contributed by atoms with E-state index < -0.39 is 5.60 Å². The molecule has 1 aromatic heterocycles. The lowest BCUT2D eigenvalue weighted by atomic mass is 9.97. The van der Waals surface area contributed by atoms with Crippen LogP contribution in [0.25, 0.3) is 10.9 Å². The van der Waals surface area contributed by atoms with Crippen molar-refractivity contribution in [2.24, 2.45) is 0 Å². The summed E-state index contributed by atoms with van der Waals surface area (Å²) in [7, 11) is 0. The Hall–Kier alpha value is -2.32. The maximum absolute atomic E-state index is 13.6. The van der Waals surface area contributed by atoms with Gasteiger partial charge in [0.1, 0.15) is 18.0 Å². The fraction of sp³-hybridized carbons (Fsp3) is 0.471. The smallest absolute Gasteiger partial charge is 0.259 e. The molecule has 0 spiro atoms. The van der Waals surface area contributed by atoms with Crippen LogP contribution in [-0.4, -0.2) is 63.8 Å². The predicted octanol–water partition coefficient (Wildman–Crippen LogP) is 0.933. The van der Waals surface area contributed by atoms with Crippen LogP contribution < -0.4 is 5.32 Å². The third kappa shape index (κ3) is 3.03. The molecule has 1 atom stereocenters. The molecule has 0 bridgehead atoms. The van der Waals surface area contributed by atoms with Crippen molar-refractivity contribution in [2.45, 2.75) is 24.5 Å². The first-order valence-corrected chi connectivity index (χ1v) is 8.31. The van der Waals surface area contributed by atoms with Gasteiger partial charge in [-0.15, -0.1) is 0 Å². The van der Waals surface area contributed by atoms with Crippen molar-refractivity contribution >= 4 is 22.6 Å². The van der Waals surface area contributed by atoms with E-state index in [0.717, 1.165) is 12.8 Å². The number of aliphatic hydroxyl groups is 1. The van der Waals surface area contributed by atoms with E-state index in [1.165, 1.54) is 18.5 Å². The number of nitrogens with zero attached hydrogens (tertiary/aromatic N) is 3. The molecule has 1 aromatic carbocycles. The second kappa shape index (κ2) is 6.20. The molecule has 2 fully saturated rings. The van der Waals surface area contributed by atoms with E-state index in [4.69, 9.17) is 4.74 Å². The number of benzene rings is 1. The number of likely N-dealkylation sites (tertiary alicyclic amines) is 1. The number of anilines is 1. The van der Waals surface area contributed by atoms with Crippen LogP contribution in [0.5, 0.6) is 0 Å². The van der Waals surface area contributed by atoms with E-state index in [2.05, 4.69) is 15.3 Å². The number of rotatable bonds is 3. The minimum atomic E-state index is -1.38. The van der Waals surface area contributed by atoms with Crippen LogP contribution in [0.2, 0.25) is 0 Å². The molecule has 2 N–H and O–H groups in total. The summed E-state index contributed by atoms with van der Waals surface area (Å²) >= 11 is 0. The first-order valence-electron chi connectivity index (χ1n) is 8.31. The number of ether oxygens (including phenoxy) is 1. The molecule has 1 amide bonds. The number of amides is 1. The first-order chi connectivity index (χ1) is 12.0. The van der Waals surface area contributed by atoms with Gasteiger partial charge < -0.3 is 20.1 Å². The van der Waals surface area contributed by atoms with Crippen LogP contribution in [0, 0.1) is 5.82 Å². The number of nitrogens with one attached hydrogen (secondary N) is 1. The summed E-state index contributed by atoms with van der Waals surface area (Å²) in [6.07, 6.45) is 3.11. The molecule has 25 heavy (non-hydrogen) atoms. The van der Waals surface area contributed by atoms with Gasteiger partial charge in [0.25, 0.3) is 5.91 Å². The van der Waals surface area contributed by atoms with Crippen LogP contribution in [-0.2, 0) is 9.53 Å². The zero-order valence-corrected chi connectivity index (χ0v) is 13.6. The highest BCUT2D eigenvalue weighted by Gasteiger charge is 2.47. The maximum Gasteiger partial charge on any atom is 0.259 e. The Labute approximate surface area is 143 Å². The van der Waals surface area contributed by atoms with Gasteiger partial charge in [-0.3, -0.25) is 4.79 Å². The molecule has 3 heterocycles. The molecule has 2 aliphatic heterocycles. The number of carbonyl (C=O) groups excluding carboxylic acids is 1. The van der Waals surface area contributed by atoms with Crippen LogP contribution in [0.3, 0.4) is 0 Å². The van der Waals surface area contributed by atoms with Gasteiger partial charge in [0, 0.05) is 24.5 Å². The largest absolute Gasteiger partial charge is 0.376 e. The van der Waals surface area contributed by atoms with Crippen molar-refractivity contribution in [1.29, 1.82) is 0 Å². The Bertz CT molecular complexity index is 812. The van der Waals surface area contributed by atoms with Crippen molar-refractivity contribution in [3.63, 3.8) is 0 Å². The highest BCUT2D eigenvalue weighted by Crippen LogP contribution is 2.25. The molecule has 2 aromatic rings. The maximum atomic E-state index is 13.6. The predicted molar refractivity (Wildman–Crippen MR) is 88.5 cm³/mol. The highest BCUT2D eigenvalue weighted by molar-refractivity contribution is 5.89. The van der Waals surface area contributed by atoms with Gasteiger partial charge in [-0.25, -0.2) is 14.4 Å². The zero-order valence-electron chi connectivity index (χ0n) is 13.6. The number of hydrogen-bond donors (Lipinski definition) is 2. The third-order valence-corrected chi connectivity index (χ3v) is 4.73. The summed E-state index contributed by atoms with van der Waals surface area (Å²) in [5.74, 6) is -0.0867. The quantitative estimate of drug-likeness (QED) is 0.860. The minimum Gasteiger partial charge on any atom is -0.376 e. The van der Waals surface area contributed by atoms with E-state index in [-0.39, 0.29) is 31.0 Å². The molecule has 0 radical (unpaired) electrons. The van der Waals surface area contributed by atoms with Crippen molar-refractivity contribution < 1.29 is 19.0 Å². The molecule has 0 saturated carbocycles. The summed E-state index contributed by atoms with van der Waals surface area (Å²) in [5, 5.41) is 14.1. The average Bonchev–Trinajstić information content (AvgIpc) is 2.60. The fourth-order valence-corrected chi connectivity index (χ4v) is 3.33. The molecule has 2 aliphatic rings. The molecule has 7 nitrogen and oxygen atoms in total. The number of aromatic nitrogens is 2. The topological polar surface area (TPSA) is 87.6 Å². The number of hydrogen-bond acceptors (Lipinski definition) is 6. The second-order valence-electron chi connectivity index (χ2n) is 6.64. The second-order valence-corrected chi connectivity index (χ2v) is 6.64. The van der Waals surface area contributed by atoms with Crippen LogP contribution in [0.1, 0.15) is 12.8 Å². The van der Waals surface area contributed by atoms with Gasteiger partial charge in [-0.2, -0.15) is 0 Å². The standard InChI is InChI=1S/C17H19FN4O3/c18-11-3-4-14-13(6-11)15(20-10-19-14)21-12-2-1-5-22(7-12)16(23)17(24)8-25-9-17/h3-4,6,10,12,24H,1-2,5,7-9H2,(H,19,20,21)/t12-/m1/s1. The third-order valence-electron chi connectivity index (χ3n) is 4.73. The van der Waals surface area contributed by atoms with Gasteiger partial charge in [0.05, 0.1) is 18.7 Å². The molecule has 2 saturated heterocycles. The Morgan fingerprint density at radius 2 is 2.24 bits per heavy atom. The summed E-state index contributed by atoms with van der Waals surface area (Å²) in [6.45, 7) is 1.17. The monoisotopic (exact) mass is 346 g/mol. The molecule has 0 unspecified atom stereocenters. The van der Waals surface area contributed by atoms with Crippen molar-refractivity contribution in [3.8, 4) is 0 Å². The fourth-order valence-electron chi connectivity index (χ4n) is 3.33. The zero-order chi connectivity index (χ0) is 17.4. The number of halogens is 1. The SMILES string of the molecule is O=C(N1CCC[C@@H](Nc2ncnc3ccc(F)cc23)C1)C1(O)COC1. The lowest BCUT2D eigenvalue weighted by Gasteiger charge is -2.41. The summed E-state index contributed by atoms with van der Waals surface area (Å²) in [4.78, 5) is 22.5. The first kappa shape index (κ1) is 16.2. The number of piperidine rings is 1. The van der Waals surface area contributed by atoms with Crippen LogP contribution >= 0.6 is 0 Å². The summed E-state index contributed by atoms with van der Waals surface area (Å²) in [5.41, 5.74) is -0.726. The van der Waals surface area contributed by atoms with Gasteiger partial charge in [0.2, 0.25) is 0 Å². The minimum absolute atomic E-state index is 0.0244. The van der Waals surface area contributed by atoms with Gasteiger partial charge in [-0.05, 0) is 31.0 Å². The molecule has 132 valence electrons. The van der Waals surface area contributed by atoms with Gasteiger partial charge in [-0.1, -0.05) is 0 Å². The Morgan fingerprint density at radius 3 is 3.00 bits per heavy atom. The number of fused-ring (bicyclic) bond motifs is 1. The summed E-state index contributed by atoms with van der Waals surface area (Å²) in [6, 6.07) is 4.35. The van der Waals surface area contributed by atoms with Crippen LogP contribution in [0.15, 0.2) is 24.5 Å². The van der Waals surface area contributed by atoms with Gasteiger partial charge in [0.15, 0.2) is 5.60 Å². The highest BCUT2D eigenvalue weighted by atomic mass is 19.1. The lowest BCUT2D eigenvalue weighted by molar-refractivity contribution is -0.200. The van der Waals surface area contributed by atoms with E-state index in [9.17, 15) is 14.3 Å². The molecular formula is C17H19FN4O3.